The van der Waals surface area contributed by atoms with E-state index in [0.717, 1.165) is 11.1 Å². The largest absolute Gasteiger partial charge is 0.805 e. The number of carbonyl (C=O) groups excluding carboxylic acids is 1. The van der Waals surface area contributed by atoms with Gasteiger partial charge in [-0.2, -0.15) is 0 Å². The van der Waals surface area contributed by atoms with Crippen molar-refractivity contribution in [1.29, 1.82) is 0 Å². The number of methoxy groups -OCH3 is 1. The summed E-state index contributed by atoms with van der Waals surface area (Å²) < 4.78 is 5.85. The number of aromatic nitrogens is 2. The SMILES string of the molecule is COC(=O)c1c(Cc2ccccc2)n([O-])c2ccc(C)cc2[n+]1=O. The summed E-state index contributed by atoms with van der Waals surface area (Å²) >= 11 is 0. The summed E-state index contributed by atoms with van der Waals surface area (Å²) in [7, 11) is 1.18. The molecule has 0 spiro atoms. The maximum absolute atomic E-state index is 12.8. The summed E-state index contributed by atoms with van der Waals surface area (Å²) in [6, 6.07) is 14.1. The van der Waals surface area contributed by atoms with Crippen molar-refractivity contribution in [3.63, 3.8) is 0 Å². The predicted molar refractivity (Wildman–Crippen MR) is 89.4 cm³/mol. The Hall–Kier alpha value is -3.15. The van der Waals surface area contributed by atoms with Gasteiger partial charge in [0.05, 0.1) is 11.5 Å². The second-order valence-electron chi connectivity index (χ2n) is 5.53. The number of hydrogen-bond acceptors (Lipinski definition) is 4. The number of benzene rings is 2. The Morgan fingerprint density at radius 2 is 1.92 bits per heavy atom. The molecule has 0 bridgehead atoms. The Morgan fingerprint density at radius 1 is 1.21 bits per heavy atom. The first-order chi connectivity index (χ1) is 11.5. The van der Waals surface area contributed by atoms with Gasteiger partial charge < -0.3 is 14.7 Å². The lowest BCUT2D eigenvalue weighted by molar-refractivity contribution is -0.469. The molecular weight excluding hydrogens is 308 g/mol. The van der Waals surface area contributed by atoms with Gasteiger partial charge in [0, 0.05) is 17.4 Å². The molecule has 0 aliphatic rings. The fourth-order valence-corrected chi connectivity index (χ4v) is 2.69. The number of esters is 1. The predicted octanol–water partition coefficient (Wildman–Crippen LogP) is 2.59. The zero-order chi connectivity index (χ0) is 17.3. The van der Waals surface area contributed by atoms with Crippen LogP contribution in [0.5, 0.6) is 0 Å². The molecule has 0 saturated carbocycles. The summed E-state index contributed by atoms with van der Waals surface area (Å²) in [5.41, 5.74) is 1.78. The molecule has 0 atom stereocenters. The molecule has 6 nitrogen and oxygen atoms in total. The summed E-state index contributed by atoms with van der Waals surface area (Å²) in [6.07, 6.45) is 0.154. The van der Waals surface area contributed by atoms with Crippen molar-refractivity contribution in [3.8, 4) is 0 Å². The van der Waals surface area contributed by atoms with Gasteiger partial charge in [0.1, 0.15) is 11.2 Å². The number of hydrogen-bond donors (Lipinski definition) is 0. The van der Waals surface area contributed by atoms with Crippen LogP contribution in [0.4, 0.5) is 0 Å². The topological polar surface area (TPSA) is 77.3 Å². The molecule has 24 heavy (non-hydrogen) atoms. The molecule has 0 radical (unpaired) electrons. The van der Waals surface area contributed by atoms with Gasteiger partial charge in [-0.05, 0) is 24.1 Å². The first kappa shape index (κ1) is 15.7. The Balaban J connectivity index is 2.33. The van der Waals surface area contributed by atoms with Gasteiger partial charge in [-0.25, -0.2) is 4.79 Å². The number of rotatable bonds is 3. The van der Waals surface area contributed by atoms with Crippen LogP contribution < -0.4 is 4.43 Å². The molecule has 3 rings (SSSR count). The molecular formula is C18H16N2O4. The summed E-state index contributed by atoms with van der Waals surface area (Å²) in [5.74, 6) is -0.830. The fourth-order valence-electron chi connectivity index (χ4n) is 2.69. The van der Waals surface area contributed by atoms with Gasteiger partial charge in [-0.3, -0.25) is 0 Å². The number of nitrogens with zero attached hydrogens (tertiary/aromatic N) is 2. The van der Waals surface area contributed by atoms with Crippen molar-refractivity contribution in [3.05, 3.63) is 81.2 Å². The molecule has 0 amide bonds. The quantitative estimate of drug-likeness (QED) is 0.548. The van der Waals surface area contributed by atoms with Crippen LogP contribution in [0, 0.1) is 17.0 Å². The van der Waals surface area contributed by atoms with E-state index in [4.69, 9.17) is 4.74 Å². The van der Waals surface area contributed by atoms with E-state index in [9.17, 15) is 14.9 Å². The average Bonchev–Trinajstić information content (AvgIpc) is 2.60. The summed E-state index contributed by atoms with van der Waals surface area (Å²) in [6.45, 7) is 1.81. The van der Waals surface area contributed by atoms with Gasteiger partial charge in [0.2, 0.25) is 0 Å². The summed E-state index contributed by atoms with van der Waals surface area (Å²) in [5, 5.41) is 12.8. The lowest BCUT2D eigenvalue weighted by atomic mass is 10.1. The monoisotopic (exact) mass is 324 g/mol. The van der Waals surface area contributed by atoms with E-state index in [1.54, 1.807) is 18.2 Å². The van der Waals surface area contributed by atoms with Gasteiger partial charge in [-0.15, -0.1) is 0 Å². The zero-order valence-electron chi connectivity index (χ0n) is 13.4. The molecule has 1 heterocycles. The van der Waals surface area contributed by atoms with Gasteiger partial charge in [0.15, 0.2) is 0 Å². The van der Waals surface area contributed by atoms with Crippen LogP contribution in [0.3, 0.4) is 0 Å². The Labute approximate surface area is 138 Å². The van der Waals surface area contributed by atoms with Crippen molar-refractivity contribution < 1.29 is 14.0 Å². The third-order valence-corrected chi connectivity index (χ3v) is 3.88. The van der Waals surface area contributed by atoms with E-state index in [1.807, 2.05) is 37.3 Å². The highest BCUT2D eigenvalue weighted by Crippen LogP contribution is 2.19. The maximum Gasteiger partial charge on any atom is 0.410 e. The van der Waals surface area contributed by atoms with E-state index in [0.29, 0.717) is 9.16 Å². The molecule has 3 aromatic rings. The Kier molecular flexibility index (Phi) is 4.04. The van der Waals surface area contributed by atoms with Crippen LogP contribution in [0.25, 0.3) is 11.0 Å². The number of fused-ring (bicyclic) bond motifs is 1. The minimum Gasteiger partial charge on any atom is -0.805 e. The molecule has 0 unspecified atom stereocenters. The van der Waals surface area contributed by atoms with Crippen LogP contribution in [0.2, 0.25) is 0 Å². The number of ether oxygens (including phenoxy) is 1. The molecule has 122 valence electrons. The molecule has 1 aromatic heterocycles. The van der Waals surface area contributed by atoms with Gasteiger partial charge in [0.25, 0.3) is 5.52 Å². The molecule has 0 saturated heterocycles. The van der Waals surface area contributed by atoms with Crippen molar-refractivity contribution >= 4 is 17.0 Å². The highest BCUT2D eigenvalue weighted by Gasteiger charge is 2.30. The van der Waals surface area contributed by atoms with E-state index in [1.165, 1.54) is 7.11 Å². The summed E-state index contributed by atoms with van der Waals surface area (Å²) in [4.78, 5) is 24.8. The van der Waals surface area contributed by atoms with E-state index in [2.05, 4.69) is 0 Å². The molecule has 0 aliphatic carbocycles. The minimum atomic E-state index is -0.830. The zero-order valence-corrected chi connectivity index (χ0v) is 13.4. The minimum absolute atomic E-state index is 0.0689. The first-order valence-corrected chi connectivity index (χ1v) is 7.43. The van der Waals surface area contributed by atoms with Crippen molar-refractivity contribution in [2.75, 3.05) is 7.11 Å². The second-order valence-corrected chi connectivity index (χ2v) is 5.53. The highest BCUT2D eigenvalue weighted by molar-refractivity contribution is 5.88. The maximum atomic E-state index is 12.8. The lowest BCUT2D eigenvalue weighted by Crippen LogP contribution is -2.32. The van der Waals surface area contributed by atoms with Crippen LogP contribution in [-0.2, 0) is 11.2 Å². The molecule has 0 fully saturated rings. The first-order valence-electron chi connectivity index (χ1n) is 7.43. The van der Waals surface area contributed by atoms with Crippen LogP contribution >= 0.6 is 0 Å². The Morgan fingerprint density at radius 3 is 2.58 bits per heavy atom. The molecule has 0 N–H and O–H groups in total. The smallest absolute Gasteiger partial charge is 0.410 e. The fraction of sp³-hybridized carbons (Fsp3) is 0.167. The van der Waals surface area contributed by atoms with E-state index >= 15 is 0 Å². The molecule has 2 aromatic carbocycles. The third-order valence-electron chi connectivity index (χ3n) is 3.88. The number of carbonyl (C=O) groups is 1. The second kappa shape index (κ2) is 6.16. The normalized spacial score (nSPS) is 10.8. The van der Waals surface area contributed by atoms with Gasteiger partial charge in [-0.1, -0.05) is 36.4 Å². The van der Waals surface area contributed by atoms with E-state index in [-0.39, 0.29) is 28.8 Å². The lowest BCUT2D eigenvalue weighted by Gasteiger charge is -2.18. The van der Waals surface area contributed by atoms with Gasteiger partial charge >= 0.3 is 11.7 Å². The highest BCUT2D eigenvalue weighted by atomic mass is 16.5. The standard InChI is InChI=1S/C18H16N2O4/c1-12-8-9-14-15(10-12)20(23)17(18(21)24-2)16(19(14)22)11-13-6-4-3-5-7-13/h3-10H,11H2,1-2H3. The van der Waals surface area contributed by atoms with Crippen LogP contribution in [-0.4, -0.2) is 17.8 Å². The van der Waals surface area contributed by atoms with Crippen molar-refractivity contribution in [2.45, 2.75) is 13.3 Å². The van der Waals surface area contributed by atoms with Crippen LogP contribution in [0.1, 0.15) is 27.3 Å². The van der Waals surface area contributed by atoms with Crippen molar-refractivity contribution in [2.24, 2.45) is 0 Å². The molecule has 0 aliphatic heterocycles. The number of aryl methyl sites for hydroxylation is 1. The average molecular weight is 324 g/mol. The molecule has 6 heteroatoms. The third kappa shape index (κ3) is 2.62. The Bertz CT molecular complexity index is 978. The van der Waals surface area contributed by atoms with Crippen molar-refractivity contribution in [1.82, 2.24) is 4.73 Å². The van der Waals surface area contributed by atoms with Crippen LogP contribution in [0.15, 0.2) is 48.5 Å². The van der Waals surface area contributed by atoms with E-state index < -0.39 is 5.97 Å².